The molecule has 0 aliphatic heterocycles. The predicted molar refractivity (Wildman–Crippen MR) is 82.9 cm³/mol. The lowest BCUT2D eigenvalue weighted by Crippen LogP contribution is -2.32. The number of nitrogens with one attached hydrogen (secondary N) is 1. The Morgan fingerprint density at radius 2 is 1.70 bits per heavy atom. The molecule has 0 bridgehead atoms. The van der Waals surface area contributed by atoms with Gasteiger partial charge in [-0.2, -0.15) is 0 Å². The van der Waals surface area contributed by atoms with E-state index in [0.717, 1.165) is 19.3 Å². The van der Waals surface area contributed by atoms with Gasteiger partial charge in [-0.15, -0.1) is 0 Å². The normalized spacial score (nSPS) is 11.2. The van der Waals surface area contributed by atoms with Crippen molar-refractivity contribution in [3.8, 4) is 0 Å². The van der Waals surface area contributed by atoms with Crippen molar-refractivity contribution in [1.82, 2.24) is 5.32 Å². The first-order chi connectivity index (χ1) is 9.47. The van der Waals surface area contributed by atoms with Crippen LogP contribution in [0.3, 0.4) is 0 Å². The molecule has 112 valence electrons. The molecule has 1 aromatic carbocycles. The molecule has 1 rings (SSSR count). The number of carbonyl (C=O) groups is 1. The molecule has 0 fully saturated rings. The second kappa shape index (κ2) is 8.62. The van der Waals surface area contributed by atoms with Gasteiger partial charge in [-0.3, -0.25) is 0 Å². The molecule has 3 nitrogen and oxygen atoms in total. The van der Waals surface area contributed by atoms with Crippen molar-refractivity contribution in [3.63, 3.8) is 0 Å². The summed E-state index contributed by atoms with van der Waals surface area (Å²) in [7, 11) is 0. The molecule has 0 unspecified atom stereocenters. The van der Waals surface area contributed by atoms with E-state index in [4.69, 9.17) is 4.74 Å². The Bertz CT molecular complexity index is 382. The Balaban J connectivity index is 1.96. The first-order valence-electron chi connectivity index (χ1n) is 7.48. The molecule has 1 aromatic rings. The maximum Gasteiger partial charge on any atom is 0.407 e. The summed E-state index contributed by atoms with van der Waals surface area (Å²) in [6.45, 7) is 6.31. The van der Waals surface area contributed by atoms with Crippen LogP contribution in [0.4, 0.5) is 4.79 Å². The van der Waals surface area contributed by atoms with Gasteiger partial charge in [0, 0.05) is 6.54 Å². The topological polar surface area (TPSA) is 38.3 Å². The van der Waals surface area contributed by atoms with Gasteiger partial charge in [-0.05, 0) is 45.6 Å². The monoisotopic (exact) mass is 277 g/mol. The van der Waals surface area contributed by atoms with Gasteiger partial charge in [0.25, 0.3) is 0 Å². The second-order valence-corrected chi connectivity index (χ2v) is 6.08. The molecule has 20 heavy (non-hydrogen) atoms. The summed E-state index contributed by atoms with van der Waals surface area (Å²) in [6.07, 6.45) is 5.38. The molecule has 1 N–H and O–H groups in total. The van der Waals surface area contributed by atoms with Crippen LogP contribution in [0.1, 0.15) is 52.0 Å². The average molecular weight is 277 g/mol. The summed E-state index contributed by atoms with van der Waals surface area (Å²) in [6, 6.07) is 10.6. The van der Waals surface area contributed by atoms with Crippen LogP contribution in [-0.4, -0.2) is 18.2 Å². The summed E-state index contributed by atoms with van der Waals surface area (Å²) in [5, 5.41) is 2.79. The van der Waals surface area contributed by atoms with Crippen molar-refractivity contribution in [2.75, 3.05) is 6.54 Å². The molecule has 1 amide bonds. The number of carbonyl (C=O) groups excluding carboxylic acids is 1. The number of unbranched alkanes of at least 4 members (excludes halogenated alkanes) is 3. The molecule has 0 aliphatic rings. The first kappa shape index (κ1) is 16.5. The van der Waals surface area contributed by atoms with Gasteiger partial charge >= 0.3 is 6.09 Å². The Kier molecular flexibility index (Phi) is 7.13. The van der Waals surface area contributed by atoms with Crippen molar-refractivity contribution in [2.45, 2.75) is 58.5 Å². The third-order valence-corrected chi connectivity index (χ3v) is 2.90. The average Bonchev–Trinajstić information content (AvgIpc) is 2.37. The Labute approximate surface area is 122 Å². The van der Waals surface area contributed by atoms with Crippen LogP contribution in [0, 0.1) is 0 Å². The lowest BCUT2D eigenvalue weighted by atomic mass is 10.1. The van der Waals surface area contributed by atoms with Crippen LogP contribution >= 0.6 is 0 Å². The molecular weight excluding hydrogens is 250 g/mol. The summed E-state index contributed by atoms with van der Waals surface area (Å²) in [4.78, 5) is 11.4. The van der Waals surface area contributed by atoms with Crippen LogP contribution < -0.4 is 5.32 Å². The number of amides is 1. The zero-order valence-corrected chi connectivity index (χ0v) is 12.9. The molecule has 0 spiro atoms. The van der Waals surface area contributed by atoms with Crippen LogP contribution in [0.5, 0.6) is 0 Å². The highest BCUT2D eigenvalue weighted by atomic mass is 16.6. The number of hydrogen-bond acceptors (Lipinski definition) is 2. The van der Waals surface area contributed by atoms with E-state index in [1.807, 2.05) is 26.8 Å². The molecule has 0 saturated heterocycles. The maximum absolute atomic E-state index is 11.4. The Morgan fingerprint density at radius 1 is 1.05 bits per heavy atom. The zero-order chi connectivity index (χ0) is 14.8. The third-order valence-electron chi connectivity index (χ3n) is 2.90. The molecule has 0 saturated carbocycles. The largest absolute Gasteiger partial charge is 0.444 e. The van der Waals surface area contributed by atoms with E-state index in [9.17, 15) is 4.79 Å². The van der Waals surface area contributed by atoms with E-state index in [0.29, 0.717) is 6.54 Å². The number of ether oxygens (including phenoxy) is 1. The number of hydrogen-bond donors (Lipinski definition) is 1. The highest BCUT2D eigenvalue weighted by Crippen LogP contribution is 2.08. The zero-order valence-electron chi connectivity index (χ0n) is 12.9. The fraction of sp³-hybridized carbons (Fsp3) is 0.588. The Morgan fingerprint density at radius 3 is 2.35 bits per heavy atom. The molecule has 0 aliphatic carbocycles. The highest BCUT2D eigenvalue weighted by Gasteiger charge is 2.15. The predicted octanol–water partition coefficient (Wildman–Crippen LogP) is 4.31. The molecule has 3 heteroatoms. The summed E-state index contributed by atoms with van der Waals surface area (Å²) in [5.41, 5.74) is 0.985. The van der Waals surface area contributed by atoms with E-state index < -0.39 is 5.60 Å². The van der Waals surface area contributed by atoms with E-state index in [1.54, 1.807) is 0 Å². The second-order valence-electron chi connectivity index (χ2n) is 6.08. The van der Waals surface area contributed by atoms with Crippen molar-refractivity contribution in [2.24, 2.45) is 0 Å². The fourth-order valence-corrected chi connectivity index (χ4v) is 1.96. The number of alkyl carbamates (subject to hydrolysis) is 1. The lowest BCUT2D eigenvalue weighted by molar-refractivity contribution is 0.0527. The molecule has 0 radical (unpaired) electrons. The minimum Gasteiger partial charge on any atom is -0.444 e. The number of rotatable bonds is 7. The summed E-state index contributed by atoms with van der Waals surface area (Å²) in [5.74, 6) is 0. The molecule has 0 atom stereocenters. The molecule has 0 aromatic heterocycles. The van der Waals surface area contributed by atoms with Crippen molar-refractivity contribution in [3.05, 3.63) is 35.9 Å². The van der Waals surface area contributed by atoms with Gasteiger partial charge < -0.3 is 10.1 Å². The SMILES string of the molecule is CC(C)(C)OC(=O)NCCCCCCc1ccccc1. The standard InChI is InChI=1S/C17H27NO2/c1-17(2,3)20-16(19)18-14-10-5-4-7-11-15-12-8-6-9-13-15/h6,8-9,12-13H,4-5,7,10-11,14H2,1-3H3,(H,18,19). The molecule has 0 heterocycles. The summed E-state index contributed by atoms with van der Waals surface area (Å²) < 4.78 is 5.17. The summed E-state index contributed by atoms with van der Waals surface area (Å²) >= 11 is 0. The van der Waals surface area contributed by atoms with E-state index >= 15 is 0 Å². The first-order valence-corrected chi connectivity index (χ1v) is 7.48. The van der Waals surface area contributed by atoms with Gasteiger partial charge in [0.1, 0.15) is 5.60 Å². The van der Waals surface area contributed by atoms with Crippen LogP contribution in [0.2, 0.25) is 0 Å². The molecular formula is C17H27NO2. The maximum atomic E-state index is 11.4. The van der Waals surface area contributed by atoms with Gasteiger partial charge in [-0.1, -0.05) is 43.2 Å². The fourth-order valence-electron chi connectivity index (χ4n) is 1.96. The van der Waals surface area contributed by atoms with Crippen LogP contribution in [-0.2, 0) is 11.2 Å². The quantitative estimate of drug-likeness (QED) is 0.754. The van der Waals surface area contributed by atoms with E-state index in [1.165, 1.54) is 18.4 Å². The van der Waals surface area contributed by atoms with E-state index in [2.05, 4.69) is 29.6 Å². The van der Waals surface area contributed by atoms with Gasteiger partial charge in [0.15, 0.2) is 0 Å². The lowest BCUT2D eigenvalue weighted by Gasteiger charge is -2.19. The smallest absolute Gasteiger partial charge is 0.407 e. The van der Waals surface area contributed by atoms with Crippen molar-refractivity contribution < 1.29 is 9.53 Å². The number of aryl methyl sites for hydroxylation is 1. The minimum atomic E-state index is -0.417. The van der Waals surface area contributed by atoms with Crippen LogP contribution in [0.25, 0.3) is 0 Å². The minimum absolute atomic E-state index is 0.318. The van der Waals surface area contributed by atoms with Crippen LogP contribution in [0.15, 0.2) is 30.3 Å². The van der Waals surface area contributed by atoms with Gasteiger partial charge in [-0.25, -0.2) is 4.79 Å². The van der Waals surface area contributed by atoms with Crippen molar-refractivity contribution in [1.29, 1.82) is 0 Å². The third kappa shape index (κ3) is 8.57. The van der Waals surface area contributed by atoms with Crippen molar-refractivity contribution >= 4 is 6.09 Å². The van der Waals surface area contributed by atoms with E-state index in [-0.39, 0.29) is 6.09 Å². The Hall–Kier alpha value is -1.51. The van der Waals surface area contributed by atoms with Gasteiger partial charge in [0.05, 0.1) is 0 Å². The van der Waals surface area contributed by atoms with Gasteiger partial charge in [0.2, 0.25) is 0 Å². The number of benzene rings is 1. The highest BCUT2D eigenvalue weighted by molar-refractivity contribution is 5.67.